The zero-order valence-corrected chi connectivity index (χ0v) is 16.5. The fourth-order valence-electron chi connectivity index (χ4n) is 2.81. The molecule has 2 aromatic carbocycles. The summed E-state index contributed by atoms with van der Waals surface area (Å²) >= 11 is 5.86. The Bertz CT molecular complexity index is 1160. The highest BCUT2D eigenvalue weighted by Crippen LogP contribution is 2.16. The largest absolute Gasteiger partial charge is 0.471 e. The van der Waals surface area contributed by atoms with Crippen LogP contribution in [0.2, 0.25) is 5.02 Å². The summed E-state index contributed by atoms with van der Waals surface area (Å²) in [7, 11) is 0. The minimum absolute atomic E-state index is 0.0595. The molecule has 4 rings (SSSR count). The number of nitrogens with one attached hydrogen (secondary N) is 1. The highest BCUT2D eigenvalue weighted by atomic mass is 35.5. The van der Waals surface area contributed by atoms with Crippen LogP contribution in [0.5, 0.6) is 5.75 Å². The van der Waals surface area contributed by atoms with Crippen molar-refractivity contribution in [2.24, 2.45) is 0 Å². The quantitative estimate of drug-likeness (QED) is 0.481. The third-order valence-electron chi connectivity index (χ3n) is 4.30. The van der Waals surface area contributed by atoms with Crippen LogP contribution in [0, 0.1) is 5.82 Å². The van der Waals surface area contributed by atoms with Crippen molar-refractivity contribution in [2.75, 3.05) is 5.32 Å². The van der Waals surface area contributed by atoms with Crippen LogP contribution in [0.3, 0.4) is 0 Å². The normalized spacial score (nSPS) is 10.7. The number of aromatic nitrogens is 4. The molecule has 0 aliphatic heterocycles. The van der Waals surface area contributed by atoms with Crippen molar-refractivity contribution < 1.29 is 13.9 Å². The Labute approximate surface area is 176 Å². The molecule has 0 saturated heterocycles. The molecule has 0 aliphatic rings. The Morgan fingerprint density at radius 2 is 1.90 bits per heavy atom. The topological polar surface area (TPSA) is 74.0 Å². The molecule has 152 valence electrons. The van der Waals surface area contributed by atoms with Gasteiger partial charge in [0.15, 0.2) is 6.73 Å². The second-order valence-corrected chi connectivity index (χ2v) is 6.85. The van der Waals surface area contributed by atoms with Crippen molar-refractivity contribution in [2.45, 2.75) is 13.3 Å². The molecular weight excluding hydrogens is 409 g/mol. The first-order valence-electron chi connectivity index (χ1n) is 9.06. The van der Waals surface area contributed by atoms with Crippen LogP contribution in [-0.2, 0) is 13.3 Å². The predicted octanol–water partition coefficient (Wildman–Crippen LogP) is 4.21. The van der Waals surface area contributed by atoms with E-state index in [0.717, 1.165) is 0 Å². The third kappa shape index (κ3) is 4.66. The number of ether oxygens (including phenoxy) is 1. The fourth-order valence-corrected chi connectivity index (χ4v) is 2.93. The van der Waals surface area contributed by atoms with E-state index in [9.17, 15) is 9.18 Å². The van der Waals surface area contributed by atoms with E-state index in [4.69, 9.17) is 16.3 Å². The summed E-state index contributed by atoms with van der Waals surface area (Å²) in [5.74, 6) is -0.0588. The summed E-state index contributed by atoms with van der Waals surface area (Å²) in [6, 6.07) is 15.0. The van der Waals surface area contributed by atoms with Gasteiger partial charge in [0.25, 0.3) is 5.91 Å². The van der Waals surface area contributed by atoms with Gasteiger partial charge in [-0.2, -0.15) is 10.2 Å². The van der Waals surface area contributed by atoms with Crippen molar-refractivity contribution in [1.82, 2.24) is 19.6 Å². The first-order valence-corrected chi connectivity index (χ1v) is 9.44. The molecule has 1 amide bonds. The van der Waals surface area contributed by atoms with E-state index in [1.807, 2.05) is 0 Å². The molecule has 0 fully saturated rings. The van der Waals surface area contributed by atoms with Gasteiger partial charge in [-0.05, 0) is 36.4 Å². The molecule has 0 saturated carbocycles. The highest BCUT2D eigenvalue weighted by Gasteiger charge is 2.14. The molecule has 9 heteroatoms. The Morgan fingerprint density at radius 3 is 2.70 bits per heavy atom. The van der Waals surface area contributed by atoms with Crippen molar-refractivity contribution in [3.05, 3.63) is 95.3 Å². The molecule has 4 aromatic rings. The van der Waals surface area contributed by atoms with Gasteiger partial charge < -0.3 is 10.1 Å². The van der Waals surface area contributed by atoms with E-state index in [1.54, 1.807) is 59.4 Å². The number of benzene rings is 2. The summed E-state index contributed by atoms with van der Waals surface area (Å²) in [5.41, 5.74) is 1.32. The van der Waals surface area contributed by atoms with E-state index >= 15 is 0 Å². The van der Waals surface area contributed by atoms with Crippen LogP contribution in [0.25, 0.3) is 0 Å². The number of carbonyl (C=O) groups is 1. The van der Waals surface area contributed by atoms with Crippen LogP contribution in [0.4, 0.5) is 10.1 Å². The number of amides is 1. The molecule has 0 atom stereocenters. The number of hydrogen-bond acceptors (Lipinski definition) is 4. The lowest BCUT2D eigenvalue weighted by Gasteiger charge is -2.09. The SMILES string of the molecule is O=C(Nc1cnn(Cc2ccccc2F)c1)c1ccnn1COc1ccc(Cl)cc1. The van der Waals surface area contributed by atoms with Crippen molar-refractivity contribution in [3.8, 4) is 5.75 Å². The Balaban J connectivity index is 1.39. The van der Waals surface area contributed by atoms with E-state index < -0.39 is 0 Å². The molecular formula is C21H17ClFN5O2. The number of carbonyl (C=O) groups excluding carboxylic acids is 1. The van der Waals surface area contributed by atoms with Gasteiger partial charge >= 0.3 is 0 Å². The Kier molecular flexibility index (Phi) is 5.76. The van der Waals surface area contributed by atoms with E-state index in [2.05, 4.69) is 15.5 Å². The van der Waals surface area contributed by atoms with Gasteiger partial charge in [0.1, 0.15) is 17.3 Å². The maximum atomic E-state index is 13.8. The van der Waals surface area contributed by atoms with Gasteiger partial charge in [0.2, 0.25) is 0 Å². The molecule has 0 spiro atoms. The van der Waals surface area contributed by atoms with Crippen LogP contribution in [0.15, 0.2) is 73.2 Å². The van der Waals surface area contributed by atoms with E-state index in [-0.39, 0.29) is 25.0 Å². The van der Waals surface area contributed by atoms with Crippen molar-refractivity contribution in [3.63, 3.8) is 0 Å². The number of hydrogen-bond donors (Lipinski definition) is 1. The average Bonchev–Trinajstić information content (AvgIpc) is 3.39. The molecule has 0 unspecified atom stereocenters. The first kappa shape index (κ1) is 19.7. The molecule has 7 nitrogen and oxygen atoms in total. The molecule has 30 heavy (non-hydrogen) atoms. The third-order valence-corrected chi connectivity index (χ3v) is 4.55. The number of anilines is 1. The maximum absolute atomic E-state index is 13.8. The number of rotatable bonds is 7. The molecule has 0 radical (unpaired) electrons. The molecule has 0 bridgehead atoms. The Hall–Kier alpha value is -3.65. The van der Waals surface area contributed by atoms with Gasteiger partial charge in [-0.3, -0.25) is 9.48 Å². The van der Waals surface area contributed by atoms with Crippen LogP contribution >= 0.6 is 11.6 Å². The van der Waals surface area contributed by atoms with E-state index in [1.165, 1.54) is 23.1 Å². The fraction of sp³-hybridized carbons (Fsp3) is 0.0952. The number of halogens is 2. The average molecular weight is 426 g/mol. The summed E-state index contributed by atoms with van der Waals surface area (Å²) < 4.78 is 22.4. The van der Waals surface area contributed by atoms with Gasteiger partial charge in [-0.15, -0.1) is 0 Å². The van der Waals surface area contributed by atoms with Crippen LogP contribution in [-0.4, -0.2) is 25.5 Å². The van der Waals surface area contributed by atoms with Crippen LogP contribution in [0.1, 0.15) is 16.1 Å². The van der Waals surface area contributed by atoms with Gasteiger partial charge in [-0.25, -0.2) is 9.07 Å². The molecule has 1 N–H and O–H groups in total. The second kappa shape index (κ2) is 8.79. The summed E-state index contributed by atoms with van der Waals surface area (Å²) in [6.07, 6.45) is 4.65. The predicted molar refractivity (Wildman–Crippen MR) is 110 cm³/mol. The maximum Gasteiger partial charge on any atom is 0.274 e. The Morgan fingerprint density at radius 1 is 1.10 bits per heavy atom. The second-order valence-electron chi connectivity index (χ2n) is 6.42. The monoisotopic (exact) mass is 425 g/mol. The highest BCUT2D eigenvalue weighted by molar-refractivity contribution is 6.30. The lowest BCUT2D eigenvalue weighted by molar-refractivity contribution is 0.100. The lowest BCUT2D eigenvalue weighted by Crippen LogP contribution is -2.19. The molecule has 2 aromatic heterocycles. The summed E-state index contributed by atoms with van der Waals surface area (Å²) in [6.45, 7) is 0.319. The molecule has 0 aliphatic carbocycles. The minimum Gasteiger partial charge on any atom is -0.471 e. The van der Waals surface area contributed by atoms with E-state index in [0.29, 0.717) is 27.7 Å². The summed E-state index contributed by atoms with van der Waals surface area (Å²) in [4.78, 5) is 12.6. The minimum atomic E-state index is -0.363. The van der Waals surface area contributed by atoms with Gasteiger partial charge in [0, 0.05) is 23.0 Å². The standard InChI is InChI=1S/C21H17ClFN5O2/c22-16-5-7-18(8-6-16)30-14-28-20(9-10-24-28)21(29)26-17-11-25-27(13-17)12-15-3-1-2-4-19(15)23/h1-11,13H,12,14H2,(H,26,29). The van der Waals surface area contributed by atoms with Gasteiger partial charge in [-0.1, -0.05) is 29.8 Å². The van der Waals surface area contributed by atoms with Crippen molar-refractivity contribution >= 4 is 23.2 Å². The molecule has 2 heterocycles. The zero-order chi connectivity index (χ0) is 20.9. The van der Waals surface area contributed by atoms with Crippen LogP contribution < -0.4 is 10.1 Å². The number of nitrogens with zero attached hydrogens (tertiary/aromatic N) is 4. The van der Waals surface area contributed by atoms with Gasteiger partial charge in [0.05, 0.1) is 18.4 Å². The zero-order valence-electron chi connectivity index (χ0n) is 15.7. The van der Waals surface area contributed by atoms with Crippen molar-refractivity contribution in [1.29, 1.82) is 0 Å². The smallest absolute Gasteiger partial charge is 0.274 e. The summed E-state index contributed by atoms with van der Waals surface area (Å²) in [5, 5.41) is 11.7. The first-order chi connectivity index (χ1) is 14.6. The lowest BCUT2D eigenvalue weighted by atomic mass is 10.2.